The Morgan fingerprint density at radius 3 is 2.76 bits per heavy atom. The minimum atomic E-state index is -3.24. The van der Waals surface area contributed by atoms with Gasteiger partial charge in [-0.3, -0.25) is 4.79 Å². The van der Waals surface area contributed by atoms with E-state index in [0.29, 0.717) is 19.4 Å². The lowest BCUT2D eigenvalue weighted by Crippen LogP contribution is -2.46. The number of hydrogen-bond donors (Lipinski definition) is 2. The Morgan fingerprint density at radius 2 is 2.18 bits per heavy atom. The second-order valence-corrected chi connectivity index (χ2v) is 6.95. The van der Waals surface area contributed by atoms with Crippen molar-refractivity contribution in [2.75, 3.05) is 12.3 Å². The topological polar surface area (TPSA) is 89.3 Å². The molecule has 0 spiro atoms. The average Bonchev–Trinajstić information content (AvgIpc) is 2.26. The standard InChI is InChI=1S/C11H22N2O3S/c1-2-5-9(12)8-13-11(14)10-6-3-4-7-17(10,15)16/h9-10H,2-8,12H2,1H3,(H,13,14). The maximum Gasteiger partial charge on any atom is 0.238 e. The molecule has 1 aliphatic heterocycles. The van der Waals surface area contributed by atoms with Gasteiger partial charge < -0.3 is 11.1 Å². The first kappa shape index (κ1) is 14.4. The molecule has 1 fully saturated rings. The molecular weight excluding hydrogens is 240 g/mol. The summed E-state index contributed by atoms with van der Waals surface area (Å²) in [7, 11) is -3.24. The number of amides is 1. The van der Waals surface area contributed by atoms with Crippen molar-refractivity contribution in [1.29, 1.82) is 0 Å². The molecule has 17 heavy (non-hydrogen) atoms. The molecule has 0 radical (unpaired) electrons. The highest BCUT2D eigenvalue weighted by molar-refractivity contribution is 7.92. The maximum absolute atomic E-state index is 11.8. The Kier molecular flexibility index (Phi) is 5.39. The Hall–Kier alpha value is -0.620. The summed E-state index contributed by atoms with van der Waals surface area (Å²) in [6, 6.07) is -0.0877. The SMILES string of the molecule is CCCC(N)CNC(=O)C1CCCCS1(=O)=O. The second kappa shape index (κ2) is 6.35. The predicted molar refractivity (Wildman–Crippen MR) is 67.3 cm³/mol. The molecular formula is C11H22N2O3S. The summed E-state index contributed by atoms with van der Waals surface area (Å²) in [5.74, 6) is -0.247. The third-order valence-electron chi connectivity index (χ3n) is 3.07. The van der Waals surface area contributed by atoms with E-state index in [2.05, 4.69) is 5.32 Å². The van der Waals surface area contributed by atoms with Gasteiger partial charge in [0.2, 0.25) is 5.91 Å². The molecule has 100 valence electrons. The van der Waals surface area contributed by atoms with E-state index in [1.54, 1.807) is 0 Å². The van der Waals surface area contributed by atoms with Gasteiger partial charge in [-0.2, -0.15) is 0 Å². The number of nitrogens with one attached hydrogen (secondary N) is 1. The minimum absolute atomic E-state index is 0.0877. The van der Waals surface area contributed by atoms with Gasteiger partial charge >= 0.3 is 0 Å². The van der Waals surface area contributed by atoms with Crippen LogP contribution in [0.4, 0.5) is 0 Å². The van der Waals surface area contributed by atoms with E-state index in [1.807, 2.05) is 6.92 Å². The molecule has 0 bridgehead atoms. The largest absolute Gasteiger partial charge is 0.353 e. The Balaban J connectivity index is 2.46. The van der Waals surface area contributed by atoms with Crippen molar-refractivity contribution in [2.24, 2.45) is 5.73 Å². The van der Waals surface area contributed by atoms with E-state index in [4.69, 9.17) is 5.73 Å². The summed E-state index contributed by atoms with van der Waals surface area (Å²) in [6.07, 6.45) is 3.70. The van der Waals surface area contributed by atoms with Gasteiger partial charge in [0.25, 0.3) is 0 Å². The number of rotatable bonds is 5. The van der Waals surface area contributed by atoms with E-state index in [1.165, 1.54) is 0 Å². The molecule has 0 aliphatic carbocycles. The zero-order chi connectivity index (χ0) is 12.9. The lowest BCUT2D eigenvalue weighted by atomic mass is 10.1. The molecule has 0 aromatic rings. The van der Waals surface area contributed by atoms with Crippen LogP contribution in [-0.4, -0.2) is 37.9 Å². The first-order valence-electron chi connectivity index (χ1n) is 6.22. The normalized spacial score (nSPS) is 25.2. The van der Waals surface area contributed by atoms with Crippen LogP contribution in [0.5, 0.6) is 0 Å². The summed E-state index contributed by atoms with van der Waals surface area (Å²) in [5, 5.41) is 1.79. The van der Waals surface area contributed by atoms with Crippen LogP contribution in [-0.2, 0) is 14.6 Å². The third-order valence-corrected chi connectivity index (χ3v) is 5.24. The van der Waals surface area contributed by atoms with Crippen molar-refractivity contribution in [3.63, 3.8) is 0 Å². The van der Waals surface area contributed by atoms with Crippen LogP contribution in [0.1, 0.15) is 39.0 Å². The highest BCUT2D eigenvalue weighted by atomic mass is 32.2. The van der Waals surface area contributed by atoms with Gasteiger partial charge in [-0.1, -0.05) is 19.8 Å². The number of nitrogens with two attached hydrogens (primary N) is 1. The molecule has 1 amide bonds. The van der Waals surface area contributed by atoms with Crippen LogP contribution in [0.2, 0.25) is 0 Å². The van der Waals surface area contributed by atoms with Crippen molar-refractivity contribution < 1.29 is 13.2 Å². The summed E-state index contributed by atoms with van der Waals surface area (Å²) in [5.41, 5.74) is 5.77. The average molecular weight is 262 g/mol. The fraction of sp³-hybridized carbons (Fsp3) is 0.909. The minimum Gasteiger partial charge on any atom is -0.353 e. The smallest absolute Gasteiger partial charge is 0.238 e. The van der Waals surface area contributed by atoms with Crippen LogP contribution in [0.3, 0.4) is 0 Å². The van der Waals surface area contributed by atoms with Crippen LogP contribution in [0.25, 0.3) is 0 Å². The van der Waals surface area contributed by atoms with E-state index in [-0.39, 0.29) is 17.7 Å². The van der Waals surface area contributed by atoms with Crippen molar-refractivity contribution in [3.8, 4) is 0 Å². The van der Waals surface area contributed by atoms with Crippen molar-refractivity contribution in [1.82, 2.24) is 5.32 Å². The molecule has 2 atom stereocenters. The van der Waals surface area contributed by atoms with E-state index in [0.717, 1.165) is 19.3 Å². The van der Waals surface area contributed by atoms with Crippen LogP contribution in [0, 0.1) is 0 Å². The first-order valence-corrected chi connectivity index (χ1v) is 7.93. The first-order chi connectivity index (χ1) is 7.97. The fourth-order valence-corrected chi connectivity index (χ4v) is 3.89. The number of carbonyl (C=O) groups excluding carboxylic acids is 1. The van der Waals surface area contributed by atoms with Crippen LogP contribution in [0.15, 0.2) is 0 Å². The number of hydrogen-bond acceptors (Lipinski definition) is 4. The summed E-state index contributed by atoms with van der Waals surface area (Å²) < 4.78 is 23.4. The van der Waals surface area contributed by atoms with Gasteiger partial charge in [0.15, 0.2) is 9.84 Å². The monoisotopic (exact) mass is 262 g/mol. The molecule has 0 aromatic heterocycles. The second-order valence-electron chi connectivity index (χ2n) is 4.65. The zero-order valence-electron chi connectivity index (χ0n) is 10.3. The van der Waals surface area contributed by atoms with E-state index in [9.17, 15) is 13.2 Å². The molecule has 1 saturated heterocycles. The lowest BCUT2D eigenvalue weighted by Gasteiger charge is -2.22. The highest BCUT2D eigenvalue weighted by Gasteiger charge is 2.34. The van der Waals surface area contributed by atoms with E-state index < -0.39 is 15.1 Å². The molecule has 1 heterocycles. The molecule has 2 unspecified atom stereocenters. The number of sulfone groups is 1. The van der Waals surface area contributed by atoms with Gasteiger partial charge in [-0.25, -0.2) is 8.42 Å². The molecule has 5 nitrogen and oxygen atoms in total. The van der Waals surface area contributed by atoms with Gasteiger partial charge in [0.05, 0.1) is 5.75 Å². The van der Waals surface area contributed by atoms with Crippen molar-refractivity contribution in [3.05, 3.63) is 0 Å². The Bertz CT molecular complexity index is 354. The molecule has 6 heteroatoms. The van der Waals surface area contributed by atoms with Gasteiger partial charge in [-0.05, 0) is 19.3 Å². The van der Waals surface area contributed by atoms with E-state index >= 15 is 0 Å². The zero-order valence-corrected chi connectivity index (χ0v) is 11.1. The Labute approximate surface area is 103 Å². The van der Waals surface area contributed by atoms with Crippen LogP contribution < -0.4 is 11.1 Å². The fourth-order valence-electron chi connectivity index (χ4n) is 2.07. The summed E-state index contributed by atoms with van der Waals surface area (Å²) >= 11 is 0. The summed E-state index contributed by atoms with van der Waals surface area (Å²) in [4.78, 5) is 11.8. The predicted octanol–water partition coefficient (Wildman–Crippen LogP) is 0.197. The van der Waals surface area contributed by atoms with Crippen LogP contribution >= 0.6 is 0 Å². The third kappa shape index (κ3) is 4.27. The van der Waals surface area contributed by atoms with Gasteiger partial charge in [-0.15, -0.1) is 0 Å². The van der Waals surface area contributed by atoms with Crippen molar-refractivity contribution >= 4 is 15.7 Å². The molecule has 0 saturated carbocycles. The molecule has 1 aliphatic rings. The number of carbonyl (C=O) groups is 1. The maximum atomic E-state index is 11.8. The van der Waals surface area contributed by atoms with Gasteiger partial charge in [0.1, 0.15) is 5.25 Å². The lowest BCUT2D eigenvalue weighted by molar-refractivity contribution is -0.120. The van der Waals surface area contributed by atoms with Gasteiger partial charge in [0, 0.05) is 12.6 Å². The quantitative estimate of drug-likeness (QED) is 0.740. The molecule has 0 aromatic carbocycles. The van der Waals surface area contributed by atoms with Crippen molar-refractivity contribution in [2.45, 2.75) is 50.3 Å². The highest BCUT2D eigenvalue weighted by Crippen LogP contribution is 2.19. The Morgan fingerprint density at radius 1 is 1.47 bits per heavy atom. The summed E-state index contributed by atoms with van der Waals surface area (Å²) in [6.45, 7) is 2.38. The molecule has 3 N–H and O–H groups in total. The molecule has 1 rings (SSSR count).